The largest absolute Gasteiger partial charge is 0.387 e. The summed E-state index contributed by atoms with van der Waals surface area (Å²) in [6.07, 6.45) is 5.86. The monoisotopic (exact) mass is 226 g/mol. The van der Waals surface area contributed by atoms with Crippen LogP contribution >= 0.6 is 0 Å². The first-order valence-corrected chi connectivity index (χ1v) is 5.74. The number of hydrogen-bond donors (Lipinski definition) is 2. The molecule has 90 valence electrons. The maximum absolute atomic E-state index is 12.5. The molecule has 2 rings (SSSR count). The van der Waals surface area contributed by atoms with Crippen LogP contribution in [-0.4, -0.2) is 36.2 Å². The molecule has 0 saturated carbocycles. The van der Waals surface area contributed by atoms with Crippen LogP contribution in [-0.2, 0) is 0 Å². The van der Waals surface area contributed by atoms with Crippen molar-refractivity contribution in [3.63, 3.8) is 0 Å². The van der Waals surface area contributed by atoms with Gasteiger partial charge >= 0.3 is 0 Å². The molecule has 4 nitrogen and oxygen atoms in total. The lowest BCUT2D eigenvalue weighted by Gasteiger charge is -2.43. The molecule has 0 amide bonds. The third-order valence-corrected chi connectivity index (χ3v) is 3.49. The normalized spacial score (nSPS) is 32.8. The Bertz CT molecular complexity index is 307. The molecule has 4 N–H and O–H groups in total. The van der Waals surface area contributed by atoms with E-state index in [2.05, 4.69) is 9.89 Å². The molecule has 2 aliphatic rings. The highest BCUT2D eigenvalue weighted by Crippen LogP contribution is 2.26. The zero-order valence-corrected chi connectivity index (χ0v) is 9.40. The average Bonchev–Trinajstić information content (AvgIpc) is 2.29. The lowest BCUT2D eigenvalue weighted by atomic mass is 9.93. The molecule has 1 atom stereocenters. The fraction of sp³-hybridized carbons (Fsp3) is 0.727. The summed E-state index contributed by atoms with van der Waals surface area (Å²) in [6.45, 7) is 1.45. The van der Waals surface area contributed by atoms with Gasteiger partial charge in [-0.3, -0.25) is 9.29 Å². The Hall–Kier alpha value is -0.940. The van der Waals surface area contributed by atoms with Gasteiger partial charge in [-0.25, -0.2) is 4.99 Å². The van der Waals surface area contributed by atoms with Gasteiger partial charge in [0.2, 0.25) is 0 Å². The molecular weight excluding hydrogens is 207 g/mol. The van der Waals surface area contributed by atoms with E-state index in [1.165, 1.54) is 0 Å². The van der Waals surface area contributed by atoms with E-state index in [1.54, 1.807) is 6.20 Å². The number of nitrogens with zero attached hydrogens (tertiary/aromatic N) is 2. The minimum absolute atomic E-state index is 0.207. The van der Waals surface area contributed by atoms with Crippen molar-refractivity contribution >= 4 is 5.84 Å². The Morgan fingerprint density at radius 2 is 2.19 bits per heavy atom. The van der Waals surface area contributed by atoms with Crippen LogP contribution in [0.1, 0.15) is 19.3 Å². The second kappa shape index (κ2) is 4.51. The van der Waals surface area contributed by atoms with E-state index in [-0.39, 0.29) is 12.6 Å². The van der Waals surface area contributed by atoms with Crippen LogP contribution in [0.3, 0.4) is 0 Å². The first kappa shape index (κ1) is 11.5. The van der Waals surface area contributed by atoms with Crippen molar-refractivity contribution < 1.29 is 4.39 Å². The summed E-state index contributed by atoms with van der Waals surface area (Å²) in [4.78, 5) is 6.18. The summed E-state index contributed by atoms with van der Waals surface area (Å²) < 4.78 is 12.5. The van der Waals surface area contributed by atoms with Crippen LogP contribution in [0.15, 0.2) is 17.3 Å². The summed E-state index contributed by atoms with van der Waals surface area (Å²) in [7, 11) is 0. The van der Waals surface area contributed by atoms with Crippen LogP contribution < -0.4 is 11.5 Å². The van der Waals surface area contributed by atoms with E-state index in [4.69, 9.17) is 11.5 Å². The Labute approximate surface area is 95.2 Å². The van der Waals surface area contributed by atoms with Crippen LogP contribution in [0, 0.1) is 5.92 Å². The van der Waals surface area contributed by atoms with Crippen molar-refractivity contribution in [2.45, 2.75) is 24.9 Å². The summed E-state index contributed by atoms with van der Waals surface area (Å²) in [5.41, 5.74) is 11.5. The van der Waals surface area contributed by atoms with Gasteiger partial charge in [-0.2, -0.15) is 0 Å². The molecule has 16 heavy (non-hydrogen) atoms. The molecule has 0 spiro atoms. The number of piperidine rings is 1. The molecule has 1 fully saturated rings. The molecule has 0 aromatic carbocycles. The molecule has 2 heterocycles. The predicted molar refractivity (Wildman–Crippen MR) is 62.6 cm³/mol. The van der Waals surface area contributed by atoms with E-state index >= 15 is 0 Å². The number of halogens is 1. The van der Waals surface area contributed by atoms with Gasteiger partial charge < -0.3 is 11.5 Å². The fourth-order valence-corrected chi connectivity index (χ4v) is 2.38. The summed E-state index contributed by atoms with van der Waals surface area (Å²) in [5.74, 6) is 0.774. The Kier molecular flexibility index (Phi) is 3.25. The zero-order valence-electron chi connectivity index (χ0n) is 9.40. The Balaban J connectivity index is 1.98. The van der Waals surface area contributed by atoms with Gasteiger partial charge in [-0.15, -0.1) is 0 Å². The maximum Gasteiger partial charge on any atom is 0.102 e. The fourth-order valence-electron chi connectivity index (χ4n) is 2.38. The molecule has 0 radical (unpaired) electrons. The minimum Gasteiger partial charge on any atom is -0.387 e. The number of aliphatic imine (C=N–C) groups is 1. The number of nitrogens with two attached hydrogens (primary N) is 2. The predicted octanol–water partition coefficient (Wildman–Crippen LogP) is 0.597. The van der Waals surface area contributed by atoms with E-state index in [1.807, 2.05) is 6.08 Å². The average molecular weight is 226 g/mol. The topological polar surface area (TPSA) is 67.6 Å². The molecule has 1 saturated heterocycles. The van der Waals surface area contributed by atoms with E-state index in [0.29, 0.717) is 12.3 Å². The smallest absolute Gasteiger partial charge is 0.102 e. The van der Waals surface area contributed by atoms with Crippen molar-refractivity contribution in [1.29, 1.82) is 0 Å². The van der Waals surface area contributed by atoms with Crippen LogP contribution in [0.4, 0.5) is 4.39 Å². The number of hydrogen-bond acceptors (Lipinski definition) is 4. The Morgan fingerprint density at radius 1 is 1.50 bits per heavy atom. The van der Waals surface area contributed by atoms with Crippen LogP contribution in [0.5, 0.6) is 0 Å². The highest BCUT2D eigenvalue weighted by atomic mass is 19.1. The number of alkyl halides is 1. The molecule has 0 aliphatic carbocycles. The van der Waals surface area contributed by atoms with Crippen LogP contribution in [0.2, 0.25) is 0 Å². The maximum atomic E-state index is 12.5. The van der Waals surface area contributed by atoms with Gasteiger partial charge in [0.15, 0.2) is 0 Å². The number of amidine groups is 1. The second-order valence-corrected chi connectivity index (χ2v) is 4.69. The highest BCUT2D eigenvalue weighted by molar-refractivity contribution is 5.83. The lowest BCUT2D eigenvalue weighted by Crippen LogP contribution is -2.59. The number of likely N-dealkylation sites (tertiary alicyclic amines) is 1. The van der Waals surface area contributed by atoms with E-state index in [0.717, 1.165) is 25.9 Å². The van der Waals surface area contributed by atoms with Crippen molar-refractivity contribution in [1.82, 2.24) is 4.90 Å². The first-order valence-electron chi connectivity index (χ1n) is 5.74. The molecule has 2 aliphatic heterocycles. The quantitative estimate of drug-likeness (QED) is 0.724. The molecule has 0 aromatic heterocycles. The second-order valence-electron chi connectivity index (χ2n) is 4.69. The molecule has 0 aromatic rings. The molecule has 1 unspecified atom stereocenters. The van der Waals surface area contributed by atoms with Gasteiger partial charge in [0.1, 0.15) is 5.84 Å². The van der Waals surface area contributed by atoms with Gasteiger partial charge in [0.05, 0.1) is 12.3 Å². The van der Waals surface area contributed by atoms with Gasteiger partial charge in [-0.1, -0.05) is 0 Å². The third-order valence-electron chi connectivity index (χ3n) is 3.49. The standard InChI is InChI=1S/C11H19FN4/c12-8-9-1-5-16(6-2-9)11(14)3-4-15-10(13)7-11/h3-4,9H,1-2,5-8,14H2,(H2,13,15). The summed E-state index contributed by atoms with van der Waals surface area (Å²) in [6, 6.07) is 0. The van der Waals surface area contributed by atoms with Gasteiger partial charge in [0, 0.05) is 25.7 Å². The number of rotatable bonds is 2. The van der Waals surface area contributed by atoms with Gasteiger partial charge in [-0.05, 0) is 24.8 Å². The third kappa shape index (κ3) is 2.25. The Morgan fingerprint density at radius 3 is 2.75 bits per heavy atom. The van der Waals surface area contributed by atoms with Crippen LogP contribution in [0.25, 0.3) is 0 Å². The summed E-state index contributed by atoms with van der Waals surface area (Å²) in [5, 5.41) is 0. The SMILES string of the molecule is NC1=NC=CC(N)(N2CCC(CF)CC2)C1. The molecule has 0 bridgehead atoms. The zero-order chi connectivity index (χ0) is 11.6. The van der Waals surface area contributed by atoms with Crippen molar-refractivity contribution in [2.24, 2.45) is 22.4 Å². The van der Waals surface area contributed by atoms with Crippen molar-refractivity contribution in [3.8, 4) is 0 Å². The lowest BCUT2D eigenvalue weighted by molar-refractivity contribution is 0.0823. The first-order chi connectivity index (χ1) is 7.64. The summed E-state index contributed by atoms with van der Waals surface area (Å²) >= 11 is 0. The highest BCUT2D eigenvalue weighted by Gasteiger charge is 2.35. The van der Waals surface area contributed by atoms with Crippen molar-refractivity contribution in [3.05, 3.63) is 12.3 Å². The minimum atomic E-state index is -0.521. The molecular formula is C11H19FN4. The van der Waals surface area contributed by atoms with Crippen molar-refractivity contribution in [2.75, 3.05) is 19.8 Å². The van der Waals surface area contributed by atoms with Gasteiger partial charge in [0.25, 0.3) is 0 Å². The van der Waals surface area contributed by atoms with E-state index < -0.39 is 5.66 Å². The van der Waals surface area contributed by atoms with E-state index in [9.17, 15) is 4.39 Å². The molecule has 5 heteroatoms.